The van der Waals surface area contributed by atoms with Crippen LogP contribution in [0.2, 0.25) is 5.02 Å². The first-order chi connectivity index (χ1) is 10.0. The standard InChI is InChI=1S/C16H15Br2ClO2/c1-20-12-5-3-10(4-6-12)7-14(17)13-8-11(19)9-15(18)16(13)21-2/h3-6,8-9,14H,7H2,1-2H3. The second-order valence-corrected chi connectivity index (χ2v) is 6.93. The highest BCUT2D eigenvalue weighted by Crippen LogP contribution is 2.40. The Hall–Kier alpha value is -0.710. The molecule has 1 unspecified atom stereocenters. The average Bonchev–Trinajstić information content (AvgIpc) is 2.47. The van der Waals surface area contributed by atoms with Gasteiger partial charge in [0.1, 0.15) is 11.5 Å². The van der Waals surface area contributed by atoms with E-state index in [1.54, 1.807) is 14.2 Å². The average molecular weight is 435 g/mol. The second-order valence-electron chi connectivity index (χ2n) is 4.53. The van der Waals surface area contributed by atoms with Crippen molar-refractivity contribution in [3.05, 3.63) is 57.0 Å². The lowest BCUT2D eigenvalue weighted by atomic mass is 10.0. The van der Waals surface area contributed by atoms with Gasteiger partial charge in [0.25, 0.3) is 0 Å². The Morgan fingerprint density at radius 3 is 2.33 bits per heavy atom. The van der Waals surface area contributed by atoms with Crippen molar-refractivity contribution in [2.24, 2.45) is 0 Å². The van der Waals surface area contributed by atoms with E-state index in [0.717, 1.165) is 28.0 Å². The van der Waals surface area contributed by atoms with Crippen LogP contribution in [-0.4, -0.2) is 14.2 Å². The van der Waals surface area contributed by atoms with Crippen molar-refractivity contribution in [3.8, 4) is 11.5 Å². The molecule has 2 nitrogen and oxygen atoms in total. The van der Waals surface area contributed by atoms with Crippen LogP contribution < -0.4 is 9.47 Å². The van der Waals surface area contributed by atoms with E-state index in [-0.39, 0.29) is 4.83 Å². The monoisotopic (exact) mass is 432 g/mol. The predicted molar refractivity (Wildman–Crippen MR) is 94.1 cm³/mol. The largest absolute Gasteiger partial charge is 0.497 e. The van der Waals surface area contributed by atoms with Gasteiger partial charge in [-0.2, -0.15) is 0 Å². The molecular formula is C16H15Br2ClO2. The van der Waals surface area contributed by atoms with E-state index in [9.17, 15) is 0 Å². The highest BCUT2D eigenvalue weighted by atomic mass is 79.9. The fraction of sp³-hybridized carbons (Fsp3) is 0.250. The molecule has 0 heterocycles. The lowest BCUT2D eigenvalue weighted by molar-refractivity contribution is 0.406. The van der Waals surface area contributed by atoms with Crippen LogP contribution in [0, 0.1) is 0 Å². The van der Waals surface area contributed by atoms with E-state index in [1.807, 2.05) is 24.3 Å². The van der Waals surface area contributed by atoms with E-state index >= 15 is 0 Å². The van der Waals surface area contributed by atoms with Crippen LogP contribution in [-0.2, 0) is 6.42 Å². The molecule has 0 aromatic heterocycles. The van der Waals surface area contributed by atoms with Crippen LogP contribution in [0.25, 0.3) is 0 Å². The van der Waals surface area contributed by atoms with Crippen molar-refractivity contribution in [1.82, 2.24) is 0 Å². The Bertz CT molecular complexity index is 614. The Morgan fingerprint density at radius 2 is 1.76 bits per heavy atom. The Balaban J connectivity index is 2.25. The maximum absolute atomic E-state index is 6.14. The Kier molecular flexibility index (Phi) is 5.97. The molecule has 2 aromatic carbocycles. The summed E-state index contributed by atoms with van der Waals surface area (Å²) in [7, 11) is 3.32. The molecule has 0 fully saturated rings. The summed E-state index contributed by atoms with van der Waals surface area (Å²) in [5, 5.41) is 0.678. The summed E-state index contributed by atoms with van der Waals surface area (Å²) in [5.41, 5.74) is 2.23. The number of alkyl halides is 1. The van der Waals surface area contributed by atoms with Gasteiger partial charge in [0.2, 0.25) is 0 Å². The summed E-state index contributed by atoms with van der Waals surface area (Å²) >= 11 is 13.4. The summed E-state index contributed by atoms with van der Waals surface area (Å²) < 4.78 is 11.5. The zero-order chi connectivity index (χ0) is 15.4. The van der Waals surface area contributed by atoms with Gasteiger partial charge in [-0.25, -0.2) is 0 Å². The number of benzene rings is 2. The van der Waals surface area contributed by atoms with Crippen molar-refractivity contribution in [3.63, 3.8) is 0 Å². The maximum atomic E-state index is 6.14. The van der Waals surface area contributed by atoms with Crippen LogP contribution in [0.5, 0.6) is 11.5 Å². The molecule has 2 rings (SSSR count). The van der Waals surface area contributed by atoms with Gasteiger partial charge in [-0.1, -0.05) is 39.7 Å². The van der Waals surface area contributed by atoms with E-state index in [4.69, 9.17) is 21.1 Å². The first-order valence-corrected chi connectivity index (χ1v) is 8.43. The van der Waals surface area contributed by atoms with Crippen LogP contribution in [0.15, 0.2) is 40.9 Å². The van der Waals surface area contributed by atoms with E-state index in [0.29, 0.717) is 5.02 Å². The predicted octanol–water partition coefficient (Wildman–Crippen LogP) is 5.80. The van der Waals surface area contributed by atoms with Crippen LogP contribution >= 0.6 is 43.5 Å². The molecule has 0 aliphatic heterocycles. The summed E-state index contributed by atoms with van der Waals surface area (Å²) in [4.78, 5) is 0.107. The van der Waals surface area contributed by atoms with Gasteiger partial charge in [0, 0.05) is 15.4 Å². The van der Waals surface area contributed by atoms with Crippen LogP contribution in [0.1, 0.15) is 16.0 Å². The molecule has 112 valence electrons. The summed E-state index contributed by atoms with van der Waals surface area (Å²) in [6.07, 6.45) is 0.827. The molecule has 0 amide bonds. The highest BCUT2D eigenvalue weighted by Gasteiger charge is 2.17. The molecule has 21 heavy (non-hydrogen) atoms. The zero-order valence-electron chi connectivity index (χ0n) is 11.7. The van der Waals surface area contributed by atoms with Crippen LogP contribution in [0.4, 0.5) is 0 Å². The quantitative estimate of drug-likeness (QED) is 0.554. The summed E-state index contributed by atoms with van der Waals surface area (Å²) in [6.45, 7) is 0. The Labute approximate surface area is 146 Å². The lowest BCUT2D eigenvalue weighted by Crippen LogP contribution is -2.00. The van der Waals surface area contributed by atoms with Crippen LogP contribution in [0.3, 0.4) is 0 Å². The first-order valence-electron chi connectivity index (χ1n) is 6.35. The van der Waals surface area contributed by atoms with Gasteiger partial charge in [-0.3, -0.25) is 0 Å². The lowest BCUT2D eigenvalue weighted by Gasteiger charge is -2.16. The number of methoxy groups -OCH3 is 2. The third kappa shape index (κ3) is 4.15. The van der Waals surface area contributed by atoms with Crippen molar-refractivity contribution < 1.29 is 9.47 Å². The third-order valence-electron chi connectivity index (χ3n) is 3.15. The number of ether oxygens (including phenoxy) is 2. The molecule has 0 saturated carbocycles. The zero-order valence-corrected chi connectivity index (χ0v) is 15.6. The van der Waals surface area contributed by atoms with Gasteiger partial charge in [-0.15, -0.1) is 0 Å². The smallest absolute Gasteiger partial charge is 0.137 e. The van der Waals surface area contributed by atoms with Crippen molar-refractivity contribution in [2.45, 2.75) is 11.2 Å². The number of hydrogen-bond acceptors (Lipinski definition) is 2. The molecule has 0 radical (unpaired) electrons. The molecule has 2 aromatic rings. The van der Waals surface area contributed by atoms with Gasteiger partial charge in [0.05, 0.1) is 18.7 Å². The van der Waals surface area contributed by atoms with Gasteiger partial charge in [0.15, 0.2) is 0 Å². The third-order valence-corrected chi connectivity index (χ3v) is 4.78. The van der Waals surface area contributed by atoms with E-state index < -0.39 is 0 Å². The van der Waals surface area contributed by atoms with Gasteiger partial charge in [-0.05, 0) is 52.2 Å². The number of hydrogen-bond donors (Lipinski definition) is 0. The SMILES string of the molecule is COc1ccc(CC(Br)c2cc(Cl)cc(Br)c2OC)cc1. The van der Waals surface area contributed by atoms with Crippen molar-refractivity contribution >= 4 is 43.5 Å². The minimum Gasteiger partial charge on any atom is -0.497 e. The molecule has 0 saturated heterocycles. The van der Waals surface area contributed by atoms with Gasteiger partial charge < -0.3 is 9.47 Å². The normalized spacial score (nSPS) is 12.0. The van der Waals surface area contributed by atoms with E-state index in [1.165, 1.54) is 5.56 Å². The fourth-order valence-corrected chi connectivity index (χ4v) is 3.82. The second kappa shape index (κ2) is 7.52. The molecule has 1 atom stereocenters. The summed E-state index contributed by atoms with van der Waals surface area (Å²) in [6, 6.07) is 11.8. The number of rotatable bonds is 5. The maximum Gasteiger partial charge on any atom is 0.137 e. The summed E-state index contributed by atoms with van der Waals surface area (Å²) in [5.74, 6) is 1.66. The Morgan fingerprint density at radius 1 is 1.10 bits per heavy atom. The van der Waals surface area contributed by atoms with E-state index in [2.05, 4.69) is 44.0 Å². The van der Waals surface area contributed by atoms with Crippen molar-refractivity contribution in [1.29, 1.82) is 0 Å². The van der Waals surface area contributed by atoms with Gasteiger partial charge >= 0.3 is 0 Å². The molecule has 0 aliphatic rings. The number of halogens is 3. The minimum absolute atomic E-state index is 0.107. The molecule has 0 bridgehead atoms. The molecule has 0 spiro atoms. The molecule has 0 aliphatic carbocycles. The molecular weight excluding hydrogens is 419 g/mol. The fourth-order valence-electron chi connectivity index (χ4n) is 2.11. The molecule has 5 heteroatoms. The topological polar surface area (TPSA) is 18.5 Å². The molecule has 0 N–H and O–H groups in total. The van der Waals surface area contributed by atoms with Crippen molar-refractivity contribution in [2.75, 3.05) is 14.2 Å². The highest BCUT2D eigenvalue weighted by molar-refractivity contribution is 9.10. The minimum atomic E-state index is 0.107. The first kappa shape index (κ1) is 16.7.